The first-order valence-electron chi connectivity index (χ1n) is 11.2. The summed E-state index contributed by atoms with van der Waals surface area (Å²) in [7, 11) is 3.49. The van der Waals surface area contributed by atoms with Gasteiger partial charge in [0.25, 0.3) is 0 Å². The van der Waals surface area contributed by atoms with E-state index in [9.17, 15) is 15.0 Å². The fourth-order valence-electron chi connectivity index (χ4n) is 3.88. The number of anilines is 1. The zero-order valence-corrected chi connectivity index (χ0v) is 20.3. The second kappa shape index (κ2) is 10.9. The molecular weight excluding hydrogens is 474 g/mol. The van der Waals surface area contributed by atoms with Gasteiger partial charge in [-0.3, -0.25) is 14.7 Å². The lowest BCUT2D eigenvalue weighted by molar-refractivity contribution is -0.136. The number of rotatable bonds is 1. The van der Waals surface area contributed by atoms with Gasteiger partial charge in [0.15, 0.2) is 5.88 Å². The highest BCUT2D eigenvalue weighted by molar-refractivity contribution is 6.32. The van der Waals surface area contributed by atoms with Crippen LogP contribution >= 0.6 is 11.6 Å². The molecule has 0 radical (unpaired) electrons. The maximum absolute atomic E-state index is 12.9. The number of aliphatic imine (C=N–C) groups is 1. The zero-order valence-electron chi connectivity index (χ0n) is 19.5. The van der Waals surface area contributed by atoms with Crippen LogP contribution in [0.5, 0.6) is 11.6 Å². The van der Waals surface area contributed by atoms with E-state index >= 15 is 0 Å². The summed E-state index contributed by atoms with van der Waals surface area (Å²) in [4.78, 5) is 32.2. The minimum atomic E-state index is -0.665. The van der Waals surface area contributed by atoms with Crippen molar-refractivity contribution in [3.05, 3.63) is 35.1 Å². The summed E-state index contributed by atoms with van der Waals surface area (Å²) in [5.74, 6) is 0.684. The molecule has 1 aliphatic heterocycles. The monoisotopic (exact) mass is 501 g/mol. The number of carbonyl (C=O) groups excluding carboxylic acids is 1. The molecule has 186 valence electrons. The zero-order chi connectivity index (χ0) is 24.9. The normalized spacial score (nSPS) is 18.5. The van der Waals surface area contributed by atoms with Crippen LogP contribution in [-0.4, -0.2) is 100 Å². The van der Waals surface area contributed by atoms with Crippen LogP contribution in [0.2, 0.25) is 5.02 Å². The molecule has 3 heterocycles. The number of carbonyl (C=O) groups is 1. The van der Waals surface area contributed by atoms with Crippen LogP contribution in [0.4, 0.5) is 11.5 Å². The third kappa shape index (κ3) is 5.47. The van der Waals surface area contributed by atoms with Gasteiger partial charge in [0, 0.05) is 39.0 Å². The number of hydrogen-bond donors (Lipinski definition) is 4. The number of aromatic hydroxyl groups is 1. The predicted octanol–water partition coefficient (Wildman–Crippen LogP) is 2.01. The number of fused-ring (bicyclic) bond motifs is 2. The van der Waals surface area contributed by atoms with Crippen molar-refractivity contribution in [1.29, 1.82) is 0 Å². The Kier molecular flexibility index (Phi) is 7.69. The number of benzene rings is 1. The molecule has 4 rings (SSSR count). The number of aromatic amines is 1. The number of nitrogens with zero attached hydrogens (tertiary/aromatic N) is 5. The lowest BCUT2D eigenvalue weighted by Crippen LogP contribution is -2.49. The number of aliphatic hydroxyl groups is 1. The van der Waals surface area contributed by atoms with Gasteiger partial charge >= 0.3 is 0 Å². The topological polar surface area (TPSA) is 139 Å². The van der Waals surface area contributed by atoms with Crippen molar-refractivity contribution in [3.63, 3.8) is 0 Å². The van der Waals surface area contributed by atoms with Crippen molar-refractivity contribution >= 4 is 46.3 Å². The standard InChI is InChI=1S/C23H28ClN7O4/c1-30-7-3-9-35-18-10-14(4-5-16(18)24)26-11-15-19-20(27-13-28-21(19)29-22(15)33)25-6-8-31(2)23(34)17(30)12-32/h4-5,10-11,13,17,32-33H,3,6-9,12H2,1-2H3,(H2,25,27,28,29)/t17-/m1/s1. The van der Waals surface area contributed by atoms with Gasteiger partial charge in [-0.15, -0.1) is 0 Å². The van der Waals surface area contributed by atoms with Crippen molar-refractivity contribution in [2.75, 3.05) is 52.3 Å². The van der Waals surface area contributed by atoms with Gasteiger partial charge < -0.3 is 30.2 Å². The Morgan fingerprint density at radius 1 is 1.26 bits per heavy atom. The summed E-state index contributed by atoms with van der Waals surface area (Å²) in [6.07, 6.45) is 3.53. The summed E-state index contributed by atoms with van der Waals surface area (Å²) in [6.45, 7) is 1.39. The number of H-pyrrole nitrogens is 1. The quantitative estimate of drug-likeness (QED) is 0.397. The molecule has 0 aliphatic carbocycles. The van der Waals surface area contributed by atoms with E-state index in [0.717, 1.165) is 0 Å². The Bertz CT molecular complexity index is 1230. The molecule has 0 fully saturated rings. The molecular formula is C23H28ClN7O4. The van der Waals surface area contributed by atoms with Crippen molar-refractivity contribution in [1.82, 2.24) is 24.8 Å². The SMILES string of the molecule is CN1CCNc2ncnc3[nH]c(O)c(c23)C=Nc2ccc(Cl)c(c2)OCCCN(C)[C@H](CO)C1=O. The first kappa shape index (κ1) is 24.7. The lowest BCUT2D eigenvalue weighted by atomic mass is 10.2. The minimum Gasteiger partial charge on any atom is -0.494 e. The number of ether oxygens (including phenoxy) is 1. The molecule has 0 saturated heterocycles. The van der Waals surface area contributed by atoms with E-state index in [1.54, 1.807) is 37.2 Å². The van der Waals surface area contributed by atoms with E-state index in [4.69, 9.17) is 16.3 Å². The molecule has 1 aromatic carbocycles. The lowest BCUT2D eigenvalue weighted by Gasteiger charge is -2.29. The van der Waals surface area contributed by atoms with Crippen molar-refractivity contribution in [2.45, 2.75) is 12.5 Å². The largest absolute Gasteiger partial charge is 0.494 e. The smallest absolute Gasteiger partial charge is 0.242 e. The van der Waals surface area contributed by atoms with Gasteiger partial charge in [0.05, 0.1) is 34.9 Å². The van der Waals surface area contributed by atoms with Crippen LogP contribution in [0.3, 0.4) is 0 Å². The van der Waals surface area contributed by atoms with Gasteiger partial charge in [0.1, 0.15) is 29.6 Å². The van der Waals surface area contributed by atoms with E-state index < -0.39 is 6.04 Å². The maximum Gasteiger partial charge on any atom is 0.242 e. The number of aromatic nitrogens is 3. The maximum atomic E-state index is 12.9. The van der Waals surface area contributed by atoms with Crippen molar-refractivity contribution in [2.24, 2.45) is 4.99 Å². The molecule has 4 N–H and O–H groups in total. The Morgan fingerprint density at radius 3 is 2.89 bits per heavy atom. The fraction of sp³-hybridized carbons (Fsp3) is 0.391. The van der Waals surface area contributed by atoms with Crippen LogP contribution in [0.15, 0.2) is 29.5 Å². The van der Waals surface area contributed by atoms with Crippen LogP contribution in [0.1, 0.15) is 12.0 Å². The van der Waals surface area contributed by atoms with Gasteiger partial charge in [-0.2, -0.15) is 0 Å². The number of nitrogens with one attached hydrogen (secondary N) is 2. The van der Waals surface area contributed by atoms with Crippen LogP contribution < -0.4 is 10.1 Å². The second-order valence-electron chi connectivity index (χ2n) is 8.27. The number of hydrogen-bond acceptors (Lipinski definition) is 9. The number of amides is 1. The van der Waals surface area contributed by atoms with E-state index in [1.165, 1.54) is 12.5 Å². The fourth-order valence-corrected chi connectivity index (χ4v) is 4.05. The summed E-state index contributed by atoms with van der Waals surface area (Å²) < 4.78 is 5.85. The predicted molar refractivity (Wildman–Crippen MR) is 134 cm³/mol. The second-order valence-corrected chi connectivity index (χ2v) is 8.68. The van der Waals surface area contributed by atoms with E-state index in [2.05, 4.69) is 25.3 Å². The number of halogens is 1. The average Bonchev–Trinajstić information content (AvgIpc) is 3.17. The third-order valence-corrected chi connectivity index (χ3v) is 6.20. The summed E-state index contributed by atoms with van der Waals surface area (Å²) in [5.41, 5.74) is 1.45. The molecule has 1 amide bonds. The molecule has 12 heteroatoms. The molecule has 3 aromatic rings. The van der Waals surface area contributed by atoms with Crippen LogP contribution in [-0.2, 0) is 4.79 Å². The molecule has 35 heavy (non-hydrogen) atoms. The Morgan fingerprint density at radius 2 is 2.09 bits per heavy atom. The first-order chi connectivity index (χ1) is 16.9. The van der Waals surface area contributed by atoms with E-state index in [1.807, 2.05) is 4.90 Å². The van der Waals surface area contributed by atoms with Gasteiger partial charge in [-0.05, 0) is 25.6 Å². The highest BCUT2D eigenvalue weighted by Crippen LogP contribution is 2.32. The molecule has 11 nitrogen and oxygen atoms in total. The number of likely N-dealkylation sites (N-methyl/N-ethyl adjacent to an activating group) is 2. The van der Waals surface area contributed by atoms with Crippen molar-refractivity contribution < 1.29 is 19.7 Å². The molecule has 1 aliphatic rings. The molecule has 0 spiro atoms. The van der Waals surface area contributed by atoms with Crippen LogP contribution in [0.25, 0.3) is 11.0 Å². The number of aliphatic hydroxyl groups excluding tert-OH is 1. The highest BCUT2D eigenvalue weighted by atomic mass is 35.5. The Balaban J connectivity index is 1.70. The van der Waals surface area contributed by atoms with E-state index in [0.29, 0.717) is 71.5 Å². The Hall–Kier alpha value is -3.41. The summed E-state index contributed by atoms with van der Waals surface area (Å²) in [6, 6.07) is 4.49. The van der Waals surface area contributed by atoms with Gasteiger partial charge in [0.2, 0.25) is 5.91 Å². The molecule has 0 saturated carbocycles. The highest BCUT2D eigenvalue weighted by Gasteiger charge is 2.25. The summed E-state index contributed by atoms with van der Waals surface area (Å²) >= 11 is 6.30. The van der Waals surface area contributed by atoms with Gasteiger partial charge in [-0.25, -0.2) is 9.97 Å². The van der Waals surface area contributed by atoms with E-state index in [-0.39, 0.29) is 18.4 Å². The average molecular weight is 502 g/mol. The molecule has 1 atom stereocenters. The molecule has 2 bridgehead atoms. The first-order valence-corrected chi connectivity index (χ1v) is 11.6. The minimum absolute atomic E-state index is 0.0928. The summed E-state index contributed by atoms with van der Waals surface area (Å²) in [5, 5.41) is 24.6. The molecule has 2 aromatic heterocycles. The van der Waals surface area contributed by atoms with Crippen molar-refractivity contribution in [3.8, 4) is 11.6 Å². The van der Waals surface area contributed by atoms with Crippen LogP contribution in [0, 0.1) is 0 Å². The molecule has 0 unspecified atom stereocenters. The Labute approximate surface area is 207 Å². The van der Waals surface area contributed by atoms with Gasteiger partial charge in [-0.1, -0.05) is 11.6 Å². The third-order valence-electron chi connectivity index (χ3n) is 5.88.